The quantitative estimate of drug-likeness (QED) is 0.919. The Kier molecular flexibility index (Phi) is 4.29. The van der Waals surface area contributed by atoms with Crippen LogP contribution >= 0.6 is 0 Å². The minimum absolute atomic E-state index is 0.000776. The van der Waals surface area contributed by atoms with E-state index in [9.17, 15) is 10.1 Å². The zero-order valence-electron chi connectivity index (χ0n) is 12.0. The number of nitrogens with zero attached hydrogens (tertiary/aromatic N) is 1. The lowest BCUT2D eigenvalue weighted by atomic mass is 9.69. The number of rotatable bonds is 3. The second kappa shape index (κ2) is 5.96. The van der Waals surface area contributed by atoms with Gasteiger partial charge in [0.05, 0.1) is 18.6 Å². The highest BCUT2D eigenvalue weighted by molar-refractivity contribution is 5.73. The van der Waals surface area contributed by atoms with Crippen molar-refractivity contribution in [2.45, 2.75) is 44.1 Å². The maximum absolute atomic E-state index is 11.1. The summed E-state index contributed by atoms with van der Waals surface area (Å²) in [5.74, 6) is 0.780. The third-order valence-corrected chi connectivity index (χ3v) is 4.08. The zero-order chi connectivity index (χ0) is 14.6. The molecule has 1 N–H and O–H groups in total. The molecule has 1 amide bonds. The molecule has 4 nitrogen and oxygen atoms in total. The normalized spacial score (nSPS) is 25.6. The number of benzene rings is 1. The van der Waals surface area contributed by atoms with E-state index >= 15 is 0 Å². The molecule has 1 fully saturated rings. The third kappa shape index (κ3) is 2.93. The van der Waals surface area contributed by atoms with Crippen LogP contribution in [0.25, 0.3) is 0 Å². The van der Waals surface area contributed by atoms with Crippen LogP contribution in [0.3, 0.4) is 0 Å². The smallest absolute Gasteiger partial charge is 0.217 e. The first-order valence-corrected chi connectivity index (χ1v) is 6.92. The Hall–Kier alpha value is -2.02. The molecule has 20 heavy (non-hydrogen) atoms. The minimum atomic E-state index is -0.455. The number of carbonyl (C=O) groups is 1. The summed E-state index contributed by atoms with van der Waals surface area (Å²) in [4.78, 5) is 11.1. The molecule has 106 valence electrons. The van der Waals surface area contributed by atoms with E-state index in [-0.39, 0.29) is 11.9 Å². The topological polar surface area (TPSA) is 62.1 Å². The van der Waals surface area contributed by atoms with Gasteiger partial charge in [-0.2, -0.15) is 5.26 Å². The number of amides is 1. The molecule has 0 radical (unpaired) electrons. The SMILES string of the molecule is COc1cccc([C@]2(C#N)CC[C@H](NC(C)=O)CC2)c1. The second-order valence-corrected chi connectivity index (χ2v) is 5.40. The molecule has 0 heterocycles. The number of hydrogen-bond acceptors (Lipinski definition) is 3. The van der Waals surface area contributed by atoms with Crippen molar-refractivity contribution >= 4 is 5.91 Å². The molecule has 0 saturated heterocycles. The van der Waals surface area contributed by atoms with Crippen LogP contribution in [0, 0.1) is 11.3 Å². The van der Waals surface area contributed by atoms with E-state index in [0.717, 1.165) is 37.0 Å². The average molecular weight is 272 g/mol. The van der Waals surface area contributed by atoms with Gasteiger partial charge in [0.2, 0.25) is 5.91 Å². The van der Waals surface area contributed by atoms with Crippen molar-refractivity contribution in [1.82, 2.24) is 5.32 Å². The van der Waals surface area contributed by atoms with E-state index in [4.69, 9.17) is 4.74 Å². The van der Waals surface area contributed by atoms with Gasteiger partial charge in [-0.05, 0) is 43.4 Å². The Balaban J connectivity index is 2.16. The molecule has 1 aromatic rings. The van der Waals surface area contributed by atoms with Crippen LogP contribution in [0.15, 0.2) is 24.3 Å². The second-order valence-electron chi connectivity index (χ2n) is 5.40. The van der Waals surface area contributed by atoms with Crippen LogP contribution in [0.1, 0.15) is 38.2 Å². The third-order valence-electron chi connectivity index (χ3n) is 4.08. The van der Waals surface area contributed by atoms with E-state index in [1.165, 1.54) is 6.92 Å². The van der Waals surface area contributed by atoms with E-state index in [1.807, 2.05) is 24.3 Å². The fourth-order valence-electron chi connectivity index (χ4n) is 2.93. The van der Waals surface area contributed by atoms with Gasteiger partial charge in [0.25, 0.3) is 0 Å². The first-order chi connectivity index (χ1) is 9.59. The fraction of sp³-hybridized carbons (Fsp3) is 0.500. The number of hydrogen-bond donors (Lipinski definition) is 1. The largest absolute Gasteiger partial charge is 0.497 e. The van der Waals surface area contributed by atoms with Crippen LogP contribution in [0.5, 0.6) is 5.75 Å². The van der Waals surface area contributed by atoms with E-state index in [0.29, 0.717) is 0 Å². The fourth-order valence-corrected chi connectivity index (χ4v) is 2.93. The molecule has 1 aromatic carbocycles. The van der Waals surface area contributed by atoms with Crippen LogP contribution in [0.4, 0.5) is 0 Å². The highest BCUT2D eigenvalue weighted by Crippen LogP contribution is 2.40. The Morgan fingerprint density at radius 2 is 2.15 bits per heavy atom. The van der Waals surface area contributed by atoms with Gasteiger partial charge in [-0.1, -0.05) is 12.1 Å². The summed E-state index contributed by atoms with van der Waals surface area (Å²) in [5, 5.41) is 12.6. The van der Waals surface area contributed by atoms with Crippen molar-refractivity contribution in [3.05, 3.63) is 29.8 Å². The van der Waals surface area contributed by atoms with Crippen molar-refractivity contribution in [3.63, 3.8) is 0 Å². The van der Waals surface area contributed by atoms with Crippen molar-refractivity contribution in [1.29, 1.82) is 5.26 Å². The van der Waals surface area contributed by atoms with Gasteiger partial charge in [-0.25, -0.2) is 0 Å². The summed E-state index contributed by atoms with van der Waals surface area (Å²) in [6.07, 6.45) is 3.21. The maximum Gasteiger partial charge on any atom is 0.217 e. The summed E-state index contributed by atoms with van der Waals surface area (Å²) in [6.45, 7) is 1.54. The molecular formula is C16H20N2O2. The lowest BCUT2D eigenvalue weighted by molar-refractivity contribution is -0.119. The predicted molar refractivity (Wildman–Crippen MR) is 76.4 cm³/mol. The van der Waals surface area contributed by atoms with Crippen LogP contribution in [-0.2, 0) is 10.2 Å². The van der Waals surface area contributed by atoms with Gasteiger partial charge in [0.1, 0.15) is 5.75 Å². The number of nitrogens with one attached hydrogen (secondary N) is 1. The standard InChI is InChI=1S/C16H20N2O2/c1-12(19)18-14-6-8-16(11-17,9-7-14)13-4-3-5-15(10-13)20-2/h3-5,10,14H,6-9H2,1-2H3,(H,18,19)/t14-,16+. The van der Waals surface area contributed by atoms with Crippen molar-refractivity contribution in [3.8, 4) is 11.8 Å². The molecule has 0 aromatic heterocycles. The Morgan fingerprint density at radius 1 is 1.45 bits per heavy atom. The Labute approximate surface area is 119 Å². The molecule has 1 aliphatic carbocycles. The summed E-state index contributed by atoms with van der Waals surface area (Å²) in [6, 6.07) is 10.4. The first kappa shape index (κ1) is 14.4. The summed E-state index contributed by atoms with van der Waals surface area (Å²) in [7, 11) is 1.63. The summed E-state index contributed by atoms with van der Waals surface area (Å²) in [5.41, 5.74) is 0.560. The molecule has 1 saturated carbocycles. The number of nitriles is 1. The van der Waals surface area contributed by atoms with Crippen LogP contribution in [-0.4, -0.2) is 19.1 Å². The summed E-state index contributed by atoms with van der Waals surface area (Å²) < 4.78 is 5.24. The van der Waals surface area contributed by atoms with Crippen molar-refractivity contribution in [2.24, 2.45) is 0 Å². The molecule has 4 heteroatoms. The maximum atomic E-state index is 11.1. The monoisotopic (exact) mass is 272 g/mol. The summed E-state index contributed by atoms with van der Waals surface area (Å²) >= 11 is 0. The average Bonchev–Trinajstić information content (AvgIpc) is 2.48. The molecule has 0 atom stereocenters. The minimum Gasteiger partial charge on any atom is -0.497 e. The molecule has 0 spiro atoms. The number of ether oxygens (including phenoxy) is 1. The highest BCUT2D eigenvalue weighted by atomic mass is 16.5. The van der Waals surface area contributed by atoms with Gasteiger partial charge in [-0.15, -0.1) is 0 Å². The van der Waals surface area contributed by atoms with E-state index < -0.39 is 5.41 Å². The Morgan fingerprint density at radius 3 is 2.70 bits per heavy atom. The van der Waals surface area contributed by atoms with Crippen molar-refractivity contribution < 1.29 is 9.53 Å². The van der Waals surface area contributed by atoms with E-state index in [1.54, 1.807) is 7.11 Å². The van der Waals surface area contributed by atoms with Crippen molar-refractivity contribution in [2.75, 3.05) is 7.11 Å². The molecule has 0 aliphatic heterocycles. The number of carbonyl (C=O) groups excluding carboxylic acids is 1. The molecule has 0 bridgehead atoms. The number of methoxy groups -OCH3 is 1. The Bertz CT molecular complexity index is 526. The lowest BCUT2D eigenvalue weighted by Crippen LogP contribution is -2.40. The van der Waals surface area contributed by atoms with E-state index in [2.05, 4.69) is 11.4 Å². The highest BCUT2D eigenvalue weighted by Gasteiger charge is 2.37. The molecule has 2 rings (SSSR count). The predicted octanol–water partition coefficient (Wildman–Crippen LogP) is 2.54. The molecule has 0 unspecified atom stereocenters. The van der Waals surface area contributed by atoms with Crippen LogP contribution < -0.4 is 10.1 Å². The van der Waals surface area contributed by atoms with Gasteiger partial charge in [0, 0.05) is 13.0 Å². The van der Waals surface area contributed by atoms with Gasteiger partial charge in [0.15, 0.2) is 0 Å². The first-order valence-electron chi connectivity index (χ1n) is 6.92. The van der Waals surface area contributed by atoms with Gasteiger partial charge >= 0.3 is 0 Å². The molecular weight excluding hydrogens is 252 g/mol. The molecule has 1 aliphatic rings. The van der Waals surface area contributed by atoms with Gasteiger partial charge in [-0.3, -0.25) is 4.79 Å². The lowest BCUT2D eigenvalue weighted by Gasteiger charge is -2.35. The van der Waals surface area contributed by atoms with Gasteiger partial charge < -0.3 is 10.1 Å². The van der Waals surface area contributed by atoms with Crippen LogP contribution in [0.2, 0.25) is 0 Å². The zero-order valence-corrected chi connectivity index (χ0v) is 12.0.